The molecule has 0 aromatic heterocycles. The van der Waals surface area contributed by atoms with E-state index in [2.05, 4.69) is 6.58 Å². The molecule has 0 heterocycles. The molecule has 0 aliphatic heterocycles. The van der Waals surface area contributed by atoms with Crippen molar-refractivity contribution in [1.82, 2.24) is 0 Å². The van der Waals surface area contributed by atoms with E-state index in [9.17, 15) is 5.11 Å². The number of nitrogens with two attached hydrogens (primary N) is 2. The maximum atomic E-state index is 9.26. The molecule has 0 aliphatic rings. The van der Waals surface area contributed by atoms with Crippen LogP contribution in [-0.2, 0) is 0 Å². The molecule has 1 atom stereocenters. The third kappa shape index (κ3) is 2.68. The van der Waals surface area contributed by atoms with E-state index in [0.29, 0.717) is 11.4 Å². The van der Waals surface area contributed by atoms with Crippen LogP contribution in [0.15, 0.2) is 35.7 Å². The van der Waals surface area contributed by atoms with Crippen molar-refractivity contribution in [3.05, 3.63) is 30.9 Å². The monoisotopic (exact) mass is 196 g/mol. The highest BCUT2D eigenvalue weighted by molar-refractivity contribution is 8.00. The first-order valence-electron chi connectivity index (χ1n) is 3.75. The number of aliphatic hydroxyl groups excluding tert-OH is 1. The normalized spacial score (nSPS) is 12.4. The largest absolute Gasteiger partial charge is 0.399 e. The van der Waals surface area contributed by atoms with Gasteiger partial charge in [0.2, 0.25) is 0 Å². The van der Waals surface area contributed by atoms with Crippen molar-refractivity contribution in [2.45, 2.75) is 10.3 Å². The summed E-state index contributed by atoms with van der Waals surface area (Å²) in [5.41, 5.74) is 11.8. The summed E-state index contributed by atoms with van der Waals surface area (Å²) in [4.78, 5) is 0.807. The molecule has 5 N–H and O–H groups in total. The highest BCUT2D eigenvalue weighted by Crippen LogP contribution is 2.29. The fourth-order valence-electron chi connectivity index (χ4n) is 0.852. The Labute approximate surface area is 81.4 Å². The second-order valence-corrected chi connectivity index (χ2v) is 3.70. The molecule has 1 rings (SSSR count). The van der Waals surface area contributed by atoms with Gasteiger partial charge in [-0.15, -0.1) is 0 Å². The number of anilines is 2. The molecule has 3 nitrogen and oxygen atoms in total. The summed E-state index contributed by atoms with van der Waals surface area (Å²) in [5, 5.41) is 9.26. The zero-order valence-electron chi connectivity index (χ0n) is 7.10. The van der Waals surface area contributed by atoms with Crippen LogP contribution in [0.25, 0.3) is 0 Å². The number of rotatable bonds is 3. The first kappa shape index (κ1) is 9.95. The lowest BCUT2D eigenvalue weighted by atomic mass is 10.3. The van der Waals surface area contributed by atoms with E-state index in [1.54, 1.807) is 18.2 Å². The molecule has 0 aliphatic carbocycles. The van der Waals surface area contributed by atoms with Gasteiger partial charge in [-0.25, -0.2) is 0 Å². The number of hydrogen-bond donors (Lipinski definition) is 3. The molecule has 1 aromatic carbocycles. The average molecular weight is 196 g/mol. The van der Waals surface area contributed by atoms with Crippen molar-refractivity contribution in [3.8, 4) is 0 Å². The van der Waals surface area contributed by atoms with E-state index in [4.69, 9.17) is 11.5 Å². The molecule has 0 radical (unpaired) electrons. The van der Waals surface area contributed by atoms with E-state index >= 15 is 0 Å². The Morgan fingerprint density at radius 3 is 2.69 bits per heavy atom. The van der Waals surface area contributed by atoms with Gasteiger partial charge in [0, 0.05) is 16.3 Å². The molecule has 0 bridgehead atoms. The van der Waals surface area contributed by atoms with E-state index in [1.807, 2.05) is 0 Å². The van der Waals surface area contributed by atoms with Crippen molar-refractivity contribution in [1.29, 1.82) is 0 Å². The second-order valence-electron chi connectivity index (χ2n) is 2.54. The van der Waals surface area contributed by atoms with Gasteiger partial charge in [-0.05, 0) is 18.2 Å². The fraction of sp³-hybridized carbons (Fsp3) is 0.111. The highest BCUT2D eigenvalue weighted by Gasteiger charge is 2.04. The van der Waals surface area contributed by atoms with Gasteiger partial charge in [-0.2, -0.15) is 0 Å². The molecule has 1 unspecified atom stereocenters. The van der Waals surface area contributed by atoms with Crippen LogP contribution in [0.1, 0.15) is 0 Å². The Hall–Kier alpha value is -1.13. The van der Waals surface area contributed by atoms with Crippen molar-refractivity contribution in [3.63, 3.8) is 0 Å². The predicted molar refractivity (Wildman–Crippen MR) is 57.3 cm³/mol. The number of aliphatic hydroxyl groups is 1. The Balaban J connectivity index is 2.83. The van der Waals surface area contributed by atoms with Crippen LogP contribution in [0, 0.1) is 0 Å². The van der Waals surface area contributed by atoms with Crippen molar-refractivity contribution in [2.75, 3.05) is 11.5 Å². The predicted octanol–water partition coefficient (Wildman–Crippen LogP) is 1.45. The molecule has 0 amide bonds. The Morgan fingerprint density at radius 2 is 2.15 bits per heavy atom. The summed E-state index contributed by atoms with van der Waals surface area (Å²) in [6.45, 7) is 3.47. The Kier molecular flexibility index (Phi) is 3.22. The van der Waals surface area contributed by atoms with E-state index in [0.717, 1.165) is 4.90 Å². The summed E-state index contributed by atoms with van der Waals surface area (Å²) < 4.78 is 0. The maximum absolute atomic E-state index is 9.26. The number of thioether (sulfide) groups is 1. The SMILES string of the molecule is C=CC(O)Sc1ccc(N)cc1N. The van der Waals surface area contributed by atoms with Gasteiger partial charge in [0.15, 0.2) is 0 Å². The summed E-state index contributed by atoms with van der Waals surface area (Å²) in [5.74, 6) is 0. The van der Waals surface area contributed by atoms with E-state index < -0.39 is 5.44 Å². The van der Waals surface area contributed by atoms with Gasteiger partial charge in [0.05, 0.1) is 0 Å². The quantitative estimate of drug-likeness (QED) is 0.296. The lowest BCUT2D eigenvalue weighted by Crippen LogP contribution is -1.97. The lowest BCUT2D eigenvalue weighted by molar-refractivity contribution is 0.310. The Morgan fingerprint density at radius 1 is 1.46 bits per heavy atom. The molecule has 13 heavy (non-hydrogen) atoms. The van der Waals surface area contributed by atoms with Gasteiger partial charge in [-0.3, -0.25) is 0 Å². The van der Waals surface area contributed by atoms with Crippen LogP contribution in [0.4, 0.5) is 11.4 Å². The Bertz CT molecular complexity index is 314. The summed E-state index contributed by atoms with van der Waals surface area (Å²) >= 11 is 1.24. The summed E-state index contributed by atoms with van der Waals surface area (Å²) in [6, 6.07) is 5.19. The first-order valence-corrected chi connectivity index (χ1v) is 4.63. The molecule has 70 valence electrons. The van der Waals surface area contributed by atoms with Crippen molar-refractivity contribution in [2.24, 2.45) is 0 Å². The molecule has 0 saturated heterocycles. The highest BCUT2D eigenvalue weighted by atomic mass is 32.2. The van der Waals surface area contributed by atoms with Crippen LogP contribution < -0.4 is 11.5 Å². The molecule has 0 saturated carbocycles. The van der Waals surface area contributed by atoms with Crippen LogP contribution >= 0.6 is 11.8 Å². The number of benzene rings is 1. The first-order chi connectivity index (χ1) is 6.13. The second kappa shape index (κ2) is 4.20. The fourth-order valence-corrected chi connectivity index (χ4v) is 1.55. The van der Waals surface area contributed by atoms with Crippen LogP contribution in [-0.4, -0.2) is 10.5 Å². The van der Waals surface area contributed by atoms with Gasteiger partial charge in [0.25, 0.3) is 0 Å². The molecular weight excluding hydrogens is 184 g/mol. The third-order valence-corrected chi connectivity index (χ3v) is 2.54. The van der Waals surface area contributed by atoms with Gasteiger partial charge in [0.1, 0.15) is 5.44 Å². The topological polar surface area (TPSA) is 72.3 Å². The molecule has 1 aromatic rings. The molecule has 4 heteroatoms. The minimum Gasteiger partial charge on any atom is -0.399 e. The van der Waals surface area contributed by atoms with Crippen LogP contribution in [0.3, 0.4) is 0 Å². The number of nitrogen functional groups attached to an aromatic ring is 2. The van der Waals surface area contributed by atoms with Crippen molar-refractivity contribution >= 4 is 23.1 Å². The maximum Gasteiger partial charge on any atom is 0.122 e. The van der Waals surface area contributed by atoms with Crippen LogP contribution in [0.2, 0.25) is 0 Å². The minimum absolute atomic E-state index is 0.575. The van der Waals surface area contributed by atoms with Gasteiger partial charge >= 0.3 is 0 Å². The summed E-state index contributed by atoms with van der Waals surface area (Å²) in [6.07, 6.45) is 1.44. The van der Waals surface area contributed by atoms with Gasteiger partial charge in [-0.1, -0.05) is 24.4 Å². The lowest BCUT2D eigenvalue weighted by Gasteiger charge is -2.08. The summed E-state index contributed by atoms with van der Waals surface area (Å²) in [7, 11) is 0. The van der Waals surface area contributed by atoms with Crippen LogP contribution in [0.5, 0.6) is 0 Å². The molecular formula is C9H12N2OS. The zero-order chi connectivity index (χ0) is 9.84. The van der Waals surface area contributed by atoms with E-state index in [-0.39, 0.29) is 0 Å². The molecule has 0 spiro atoms. The standard InChI is InChI=1S/C9H12N2OS/c1-2-9(12)13-8-4-3-6(10)5-7(8)11/h2-5,9,12H,1,10-11H2. The van der Waals surface area contributed by atoms with E-state index in [1.165, 1.54) is 17.8 Å². The van der Waals surface area contributed by atoms with Crippen molar-refractivity contribution < 1.29 is 5.11 Å². The number of hydrogen-bond acceptors (Lipinski definition) is 4. The average Bonchev–Trinajstić information content (AvgIpc) is 2.09. The molecule has 0 fully saturated rings. The van der Waals surface area contributed by atoms with Gasteiger partial charge < -0.3 is 16.6 Å². The smallest absolute Gasteiger partial charge is 0.122 e. The zero-order valence-corrected chi connectivity index (χ0v) is 7.92. The third-order valence-electron chi connectivity index (χ3n) is 1.48. The minimum atomic E-state index is -0.633.